The van der Waals surface area contributed by atoms with E-state index in [1.54, 1.807) is 13.1 Å². The van der Waals surface area contributed by atoms with Crippen molar-refractivity contribution in [1.82, 2.24) is 9.97 Å². The van der Waals surface area contributed by atoms with Crippen molar-refractivity contribution in [1.29, 1.82) is 0 Å². The Bertz CT molecular complexity index is 482. The van der Waals surface area contributed by atoms with Crippen LogP contribution in [0.4, 0.5) is 0 Å². The van der Waals surface area contributed by atoms with Gasteiger partial charge >= 0.3 is 0 Å². The molecule has 0 aromatic carbocycles. The molecular formula is C10H11N3O. The lowest BCUT2D eigenvalue weighted by Crippen LogP contribution is -2.13. The number of hydrogen-bond donors (Lipinski definition) is 1. The summed E-state index contributed by atoms with van der Waals surface area (Å²) in [5.41, 5.74) is 2.48. The highest BCUT2D eigenvalue weighted by molar-refractivity contribution is 5.84. The highest BCUT2D eigenvalue weighted by Gasteiger charge is 2.11. The summed E-state index contributed by atoms with van der Waals surface area (Å²) in [5.74, 6) is 0.635. The van der Waals surface area contributed by atoms with E-state index in [4.69, 9.17) is 0 Å². The number of nitrogens with zero attached hydrogens (tertiary/aromatic N) is 2. The summed E-state index contributed by atoms with van der Waals surface area (Å²) >= 11 is 0. The molecule has 2 rings (SSSR count). The molecule has 2 heterocycles. The van der Waals surface area contributed by atoms with E-state index in [9.17, 15) is 4.79 Å². The van der Waals surface area contributed by atoms with Crippen LogP contribution in [0.25, 0.3) is 5.57 Å². The van der Waals surface area contributed by atoms with E-state index in [2.05, 4.69) is 15.0 Å². The van der Waals surface area contributed by atoms with Gasteiger partial charge in [-0.3, -0.25) is 9.79 Å². The molecule has 0 unspecified atom stereocenters. The fourth-order valence-corrected chi connectivity index (χ4v) is 1.38. The van der Waals surface area contributed by atoms with Crippen molar-refractivity contribution in [2.45, 2.75) is 20.3 Å². The highest BCUT2D eigenvalue weighted by atomic mass is 16.1. The van der Waals surface area contributed by atoms with E-state index in [0.717, 1.165) is 17.7 Å². The monoisotopic (exact) mass is 189 g/mol. The number of aliphatic imine (C=N–C) groups is 1. The third-order valence-electron chi connectivity index (χ3n) is 2.28. The molecule has 0 fully saturated rings. The molecule has 14 heavy (non-hydrogen) atoms. The predicted octanol–water partition coefficient (Wildman–Crippen LogP) is 1.28. The molecule has 0 aliphatic carbocycles. The first-order valence-corrected chi connectivity index (χ1v) is 4.47. The first kappa shape index (κ1) is 8.87. The highest BCUT2D eigenvalue weighted by Crippen LogP contribution is 2.22. The van der Waals surface area contributed by atoms with Gasteiger partial charge in [-0.15, -0.1) is 0 Å². The van der Waals surface area contributed by atoms with Crippen molar-refractivity contribution >= 4 is 11.8 Å². The average molecular weight is 189 g/mol. The summed E-state index contributed by atoms with van der Waals surface area (Å²) in [6.07, 6.45) is 4.16. The van der Waals surface area contributed by atoms with Crippen LogP contribution < -0.4 is 5.56 Å². The molecule has 0 radical (unpaired) electrons. The Hall–Kier alpha value is -1.71. The maximum Gasteiger partial charge on any atom is 0.254 e. The van der Waals surface area contributed by atoms with E-state index in [1.165, 1.54) is 0 Å². The number of aromatic nitrogens is 2. The van der Waals surface area contributed by atoms with E-state index >= 15 is 0 Å². The molecule has 1 aromatic heterocycles. The van der Waals surface area contributed by atoms with E-state index < -0.39 is 0 Å². The normalized spacial score (nSPS) is 15.3. The lowest BCUT2D eigenvalue weighted by atomic mass is 10.2. The average Bonchev–Trinajstić information content (AvgIpc) is 2.57. The second-order valence-electron chi connectivity index (χ2n) is 3.32. The second kappa shape index (κ2) is 3.21. The van der Waals surface area contributed by atoms with Gasteiger partial charge in [0.25, 0.3) is 5.56 Å². The topological polar surface area (TPSA) is 58.1 Å². The number of aryl methyl sites for hydroxylation is 1. The van der Waals surface area contributed by atoms with Crippen LogP contribution in [-0.4, -0.2) is 16.2 Å². The zero-order valence-electron chi connectivity index (χ0n) is 8.16. The smallest absolute Gasteiger partial charge is 0.254 e. The maximum atomic E-state index is 11.3. The Morgan fingerprint density at radius 1 is 1.43 bits per heavy atom. The largest absolute Gasteiger partial charge is 0.307 e. The fourth-order valence-electron chi connectivity index (χ4n) is 1.38. The summed E-state index contributed by atoms with van der Waals surface area (Å²) < 4.78 is 0. The maximum absolute atomic E-state index is 11.3. The van der Waals surface area contributed by atoms with E-state index in [0.29, 0.717) is 11.4 Å². The number of rotatable bonds is 1. The van der Waals surface area contributed by atoms with Gasteiger partial charge in [-0.25, -0.2) is 4.98 Å². The summed E-state index contributed by atoms with van der Waals surface area (Å²) in [6.45, 7) is 3.65. The van der Waals surface area contributed by atoms with Crippen LogP contribution in [0.2, 0.25) is 0 Å². The SMILES string of the molecule is CC1=C(c2ncc(C)c(=O)[nH]2)CC=N1. The molecule has 0 saturated heterocycles. The van der Waals surface area contributed by atoms with Gasteiger partial charge in [-0.05, 0) is 13.8 Å². The van der Waals surface area contributed by atoms with Crippen LogP contribution in [0.5, 0.6) is 0 Å². The lowest BCUT2D eigenvalue weighted by molar-refractivity contribution is 1.03. The van der Waals surface area contributed by atoms with Gasteiger partial charge in [0.15, 0.2) is 0 Å². The third kappa shape index (κ3) is 1.39. The Labute approximate surface area is 81.4 Å². The van der Waals surface area contributed by atoms with Gasteiger partial charge in [-0.2, -0.15) is 0 Å². The fraction of sp³-hybridized carbons (Fsp3) is 0.300. The molecular weight excluding hydrogens is 178 g/mol. The van der Waals surface area contributed by atoms with Crippen LogP contribution in [0.15, 0.2) is 21.7 Å². The Kier molecular flexibility index (Phi) is 2.04. The summed E-state index contributed by atoms with van der Waals surface area (Å²) in [6, 6.07) is 0. The Morgan fingerprint density at radius 3 is 2.79 bits per heavy atom. The number of hydrogen-bond acceptors (Lipinski definition) is 3. The van der Waals surface area contributed by atoms with Gasteiger partial charge in [0.1, 0.15) is 5.82 Å². The molecule has 4 heteroatoms. The predicted molar refractivity (Wildman–Crippen MR) is 55.3 cm³/mol. The summed E-state index contributed by atoms with van der Waals surface area (Å²) in [4.78, 5) is 22.4. The zero-order valence-corrected chi connectivity index (χ0v) is 8.16. The molecule has 0 atom stereocenters. The Balaban J connectivity index is 2.49. The standard InChI is InChI=1S/C10H11N3O/c1-6-5-12-9(13-10(6)14)8-3-4-11-7(8)2/h4-5H,3H2,1-2H3,(H,12,13,14). The van der Waals surface area contributed by atoms with Gasteiger partial charge in [0.05, 0.1) is 0 Å². The van der Waals surface area contributed by atoms with Crippen molar-refractivity contribution < 1.29 is 0 Å². The van der Waals surface area contributed by atoms with Gasteiger partial charge in [0, 0.05) is 35.7 Å². The molecule has 1 aliphatic heterocycles. The number of H-pyrrole nitrogens is 1. The third-order valence-corrected chi connectivity index (χ3v) is 2.28. The van der Waals surface area contributed by atoms with Crippen molar-refractivity contribution in [3.05, 3.63) is 33.6 Å². The van der Waals surface area contributed by atoms with Crippen LogP contribution in [0, 0.1) is 6.92 Å². The minimum atomic E-state index is -0.0813. The molecule has 0 spiro atoms. The molecule has 0 bridgehead atoms. The molecule has 0 amide bonds. The first-order valence-electron chi connectivity index (χ1n) is 4.47. The van der Waals surface area contributed by atoms with Crippen molar-refractivity contribution in [3.8, 4) is 0 Å². The van der Waals surface area contributed by atoms with Gasteiger partial charge in [0.2, 0.25) is 0 Å². The minimum Gasteiger partial charge on any atom is -0.307 e. The Morgan fingerprint density at radius 2 is 2.21 bits per heavy atom. The number of aromatic amines is 1. The van der Waals surface area contributed by atoms with Crippen molar-refractivity contribution in [3.63, 3.8) is 0 Å². The van der Waals surface area contributed by atoms with Crippen LogP contribution in [-0.2, 0) is 0 Å². The molecule has 4 nitrogen and oxygen atoms in total. The van der Waals surface area contributed by atoms with Crippen molar-refractivity contribution in [2.24, 2.45) is 4.99 Å². The molecule has 1 aliphatic rings. The molecule has 1 N–H and O–H groups in total. The van der Waals surface area contributed by atoms with Crippen LogP contribution >= 0.6 is 0 Å². The first-order chi connectivity index (χ1) is 6.68. The molecule has 72 valence electrons. The van der Waals surface area contributed by atoms with Crippen LogP contribution in [0.1, 0.15) is 24.7 Å². The number of allylic oxidation sites excluding steroid dienone is 2. The minimum absolute atomic E-state index is 0.0813. The quantitative estimate of drug-likeness (QED) is 0.723. The molecule has 0 saturated carbocycles. The van der Waals surface area contributed by atoms with Gasteiger partial charge in [-0.1, -0.05) is 0 Å². The number of nitrogens with one attached hydrogen (secondary N) is 1. The van der Waals surface area contributed by atoms with E-state index in [-0.39, 0.29) is 5.56 Å². The van der Waals surface area contributed by atoms with Gasteiger partial charge < -0.3 is 4.98 Å². The zero-order chi connectivity index (χ0) is 10.1. The van der Waals surface area contributed by atoms with Crippen molar-refractivity contribution in [2.75, 3.05) is 0 Å². The second-order valence-corrected chi connectivity index (χ2v) is 3.32. The van der Waals surface area contributed by atoms with E-state index in [1.807, 2.05) is 13.1 Å². The summed E-state index contributed by atoms with van der Waals surface area (Å²) in [5, 5.41) is 0. The van der Waals surface area contributed by atoms with Crippen LogP contribution in [0.3, 0.4) is 0 Å². The summed E-state index contributed by atoms with van der Waals surface area (Å²) in [7, 11) is 0. The lowest BCUT2D eigenvalue weighted by Gasteiger charge is -2.01. The molecule has 1 aromatic rings.